The minimum absolute atomic E-state index is 0.0406. The molecule has 144 valence electrons. The molecule has 5 nitrogen and oxygen atoms in total. The topological polar surface area (TPSA) is 52.7 Å². The first-order valence-electron chi connectivity index (χ1n) is 8.48. The second-order valence-electron chi connectivity index (χ2n) is 6.54. The normalized spacial score (nSPS) is 10.7. The number of amides is 2. The quantitative estimate of drug-likeness (QED) is 0.787. The van der Waals surface area contributed by atoms with E-state index in [-0.39, 0.29) is 31.4 Å². The lowest BCUT2D eigenvalue weighted by Crippen LogP contribution is -2.40. The van der Waals surface area contributed by atoms with Crippen molar-refractivity contribution in [1.29, 1.82) is 0 Å². The molecular formula is C20H23ClFN3O2. The van der Waals surface area contributed by atoms with Crippen molar-refractivity contribution >= 4 is 29.1 Å². The zero-order valence-electron chi connectivity index (χ0n) is 15.6. The van der Waals surface area contributed by atoms with Gasteiger partial charge in [-0.05, 0) is 38.2 Å². The zero-order valence-corrected chi connectivity index (χ0v) is 16.4. The molecule has 0 unspecified atom stereocenters. The van der Waals surface area contributed by atoms with Crippen LogP contribution in [0.2, 0.25) is 5.02 Å². The lowest BCUT2D eigenvalue weighted by molar-refractivity contribution is -0.134. The summed E-state index contributed by atoms with van der Waals surface area (Å²) in [4.78, 5) is 27.4. The summed E-state index contributed by atoms with van der Waals surface area (Å²) in [5, 5.41) is 3.07. The molecule has 2 rings (SSSR count). The van der Waals surface area contributed by atoms with E-state index in [0.717, 1.165) is 5.56 Å². The molecule has 1 N–H and O–H groups in total. The summed E-state index contributed by atoms with van der Waals surface area (Å²) >= 11 is 6.01. The minimum Gasteiger partial charge on any atom is -0.335 e. The molecule has 2 aromatic rings. The molecular weight excluding hydrogens is 369 g/mol. The van der Waals surface area contributed by atoms with Crippen molar-refractivity contribution in [3.8, 4) is 0 Å². The van der Waals surface area contributed by atoms with Gasteiger partial charge in [0.25, 0.3) is 0 Å². The molecule has 0 aliphatic heterocycles. The Morgan fingerprint density at radius 2 is 1.74 bits per heavy atom. The number of carbonyl (C=O) groups excluding carboxylic acids is 2. The first-order valence-corrected chi connectivity index (χ1v) is 8.86. The average Bonchev–Trinajstić information content (AvgIpc) is 2.60. The Labute approximate surface area is 163 Å². The molecule has 0 radical (unpaired) electrons. The number of hydrogen-bond donors (Lipinski definition) is 1. The molecule has 0 aliphatic carbocycles. The number of aryl methyl sites for hydroxylation is 1. The van der Waals surface area contributed by atoms with Crippen molar-refractivity contribution in [2.24, 2.45) is 0 Å². The SMILES string of the molecule is Cc1ccc(NC(=O)CN(C)C(=O)CN(C)Cc2c(F)cccc2Cl)cc1. The maximum absolute atomic E-state index is 13.9. The van der Waals surface area contributed by atoms with Gasteiger partial charge in [0.1, 0.15) is 5.82 Å². The summed E-state index contributed by atoms with van der Waals surface area (Å²) in [5.41, 5.74) is 2.12. The van der Waals surface area contributed by atoms with E-state index < -0.39 is 5.82 Å². The van der Waals surface area contributed by atoms with Crippen LogP contribution in [0.3, 0.4) is 0 Å². The van der Waals surface area contributed by atoms with E-state index in [1.165, 1.54) is 17.0 Å². The Morgan fingerprint density at radius 3 is 2.37 bits per heavy atom. The number of hydrogen-bond acceptors (Lipinski definition) is 3. The molecule has 0 spiro atoms. The number of halogens is 2. The van der Waals surface area contributed by atoms with Crippen LogP contribution in [0.15, 0.2) is 42.5 Å². The van der Waals surface area contributed by atoms with Crippen LogP contribution < -0.4 is 5.32 Å². The average molecular weight is 392 g/mol. The Kier molecular flexibility index (Phi) is 7.33. The Morgan fingerprint density at radius 1 is 1.07 bits per heavy atom. The summed E-state index contributed by atoms with van der Waals surface area (Å²) in [6.45, 7) is 2.13. The van der Waals surface area contributed by atoms with Crippen molar-refractivity contribution in [3.05, 3.63) is 64.4 Å². The molecule has 2 amide bonds. The van der Waals surface area contributed by atoms with Crippen molar-refractivity contribution in [2.45, 2.75) is 13.5 Å². The van der Waals surface area contributed by atoms with Crippen LogP contribution in [0, 0.1) is 12.7 Å². The molecule has 0 aromatic heterocycles. The Hall–Kier alpha value is -2.44. The van der Waals surface area contributed by atoms with Crippen LogP contribution in [-0.2, 0) is 16.1 Å². The van der Waals surface area contributed by atoms with Gasteiger partial charge in [-0.15, -0.1) is 0 Å². The Balaban J connectivity index is 1.85. The van der Waals surface area contributed by atoms with E-state index in [1.807, 2.05) is 19.1 Å². The summed E-state index contributed by atoms with van der Waals surface area (Å²) in [6, 6.07) is 11.9. The molecule has 0 aliphatic rings. The fourth-order valence-electron chi connectivity index (χ4n) is 2.50. The molecule has 0 saturated heterocycles. The molecule has 0 heterocycles. The molecule has 2 aromatic carbocycles. The van der Waals surface area contributed by atoms with Crippen molar-refractivity contribution in [1.82, 2.24) is 9.80 Å². The lowest BCUT2D eigenvalue weighted by Gasteiger charge is -2.22. The number of anilines is 1. The van der Waals surface area contributed by atoms with Crippen molar-refractivity contribution < 1.29 is 14.0 Å². The molecule has 0 bridgehead atoms. The first kappa shape index (κ1) is 20.9. The fourth-order valence-corrected chi connectivity index (χ4v) is 2.72. The predicted octanol–water partition coefficient (Wildman–Crippen LogP) is 3.32. The van der Waals surface area contributed by atoms with E-state index in [1.54, 1.807) is 37.2 Å². The van der Waals surface area contributed by atoms with Gasteiger partial charge in [0.15, 0.2) is 0 Å². The van der Waals surface area contributed by atoms with Gasteiger partial charge < -0.3 is 10.2 Å². The monoisotopic (exact) mass is 391 g/mol. The third-order valence-electron chi connectivity index (χ3n) is 4.04. The highest BCUT2D eigenvalue weighted by Crippen LogP contribution is 2.20. The second kappa shape index (κ2) is 9.48. The zero-order chi connectivity index (χ0) is 20.0. The van der Waals surface area contributed by atoms with Crippen LogP contribution in [0.4, 0.5) is 10.1 Å². The van der Waals surface area contributed by atoms with Gasteiger partial charge >= 0.3 is 0 Å². The Bertz CT molecular complexity index is 791. The number of nitrogens with one attached hydrogen (secondary N) is 1. The summed E-state index contributed by atoms with van der Waals surface area (Å²) in [6.07, 6.45) is 0. The van der Waals surface area contributed by atoms with Crippen LogP contribution in [0.5, 0.6) is 0 Å². The maximum Gasteiger partial charge on any atom is 0.243 e. The third kappa shape index (κ3) is 6.34. The number of likely N-dealkylation sites (N-methyl/N-ethyl adjacent to an activating group) is 2. The highest BCUT2D eigenvalue weighted by molar-refractivity contribution is 6.31. The van der Waals surface area contributed by atoms with Gasteiger partial charge in [-0.1, -0.05) is 35.4 Å². The highest BCUT2D eigenvalue weighted by Gasteiger charge is 2.17. The predicted molar refractivity (Wildman–Crippen MR) is 105 cm³/mol. The molecule has 0 fully saturated rings. The number of rotatable bonds is 7. The molecule has 7 heteroatoms. The summed E-state index contributed by atoms with van der Waals surface area (Å²) in [5.74, 6) is -0.939. The highest BCUT2D eigenvalue weighted by atomic mass is 35.5. The lowest BCUT2D eigenvalue weighted by atomic mass is 10.2. The second-order valence-corrected chi connectivity index (χ2v) is 6.94. The van der Waals surface area contributed by atoms with Gasteiger partial charge in [0.2, 0.25) is 11.8 Å². The smallest absolute Gasteiger partial charge is 0.243 e. The van der Waals surface area contributed by atoms with E-state index in [0.29, 0.717) is 16.3 Å². The van der Waals surface area contributed by atoms with Crippen LogP contribution in [0.25, 0.3) is 0 Å². The number of carbonyl (C=O) groups is 2. The largest absolute Gasteiger partial charge is 0.335 e. The van der Waals surface area contributed by atoms with E-state index in [9.17, 15) is 14.0 Å². The van der Waals surface area contributed by atoms with Crippen LogP contribution in [-0.4, -0.2) is 48.8 Å². The van der Waals surface area contributed by atoms with E-state index in [4.69, 9.17) is 11.6 Å². The fraction of sp³-hybridized carbons (Fsp3) is 0.300. The summed E-state index contributed by atoms with van der Waals surface area (Å²) < 4.78 is 13.9. The number of benzene rings is 2. The first-order chi connectivity index (χ1) is 12.8. The van der Waals surface area contributed by atoms with Gasteiger partial charge in [0.05, 0.1) is 13.1 Å². The number of nitrogens with zero attached hydrogens (tertiary/aromatic N) is 2. The van der Waals surface area contributed by atoms with Crippen molar-refractivity contribution in [2.75, 3.05) is 32.5 Å². The van der Waals surface area contributed by atoms with Gasteiger partial charge in [-0.25, -0.2) is 4.39 Å². The van der Waals surface area contributed by atoms with Gasteiger partial charge in [0, 0.05) is 29.9 Å². The molecule has 0 saturated carbocycles. The minimum atomic E-state index is -0.410. The van der Waals surface area contributed by atoms with Crippen molar-refractivity contribution in [3.63, 3.8) is 0 Å². The molecule has 0 atom stereocenters. The van der Waals surface area contributed by atoms with Gasteiger partial charge in [-0.3, -0.25) is 14.5 Å². The third-order valence-corrected chi connectivity index (χ3v) is 4.39. The maximum atomic E-state index is 13.9. The van der Waals surface area contributed by atoms with Gasteiger partial charge in [-0.2, -0.15) is 0 Å². The van der Waals surface area contributed by atoms with Crippen LogP contribution >= 0.6 is 11.6 Å². The van der Waals surface area contributed by atoms with E-state index >= 15 is 0 Å². The van der Waals surface area contributed by atoms with Crippen LogP contribution in [0.1, 0.15) is 11.1 Å². The molecule has 27 heavy (non-hydrogen) atoms. The summed E-state index contributed by atoms with van der Waals surface area (Å²) in [7, 11) is 3.25. The van der Waals surface area contributed by atoms with E-state index in [2.05, 4.69) is 5.32 Å². The standard InChI is InChI=1S/C20H23ClFN3O2/c1-14-7-9-15(10-8-14)23-19(26)12-25(3)20(27)13-24(2)11-16-17(21)5-4-6-18(16)22/h4-10H,11-13H2,1-3H3,(H,23,26).